The summed E-state index contributed by atoms with van der Waals surface area (Å²) in [5.41, 5.74) is 0.456. The minimum absolute atomic E-state index is 0.0616. The molecule has 2 rings (SSSR count). The van der Waals surface area contributed by atoms with Crippen molar-refractivity contribution < 1.29 is 21.6 Å². The molecule has 0 aliphatic carbocycles. The van der Waals surface area contributed by atoms with E-state index in [9.17, 15) is 21.6 Å². The topological polar surface area (TPSA) is 88.6 Å². The summed E-state index contributed by atoms with van der Waals surface area (Å²) in [6, 6.07) is 5.84. The van der Waals surface area contributed by atoms with Gasteiger partial charge >= 0.3 is 0 Å². The number of carbonyl (C=O) groups excluding carboxylic acids is 1. The summed E-state index contributed by atoms with van der Waals surface area (Å²) in [4.78, 5) is 11.4. The third-order valence-electron chi connectivity index (χ3n) is 4.37. The van der Waals surface area contributed by atoms with Crippen molar-refractivity contribution in [3.63, 3.8) is 0 Å². The third-order valence-corrected chi connectivity index (χ3v) is 8.90. The largest absolute Gasteiger partial charge is 0.295 e. The highest BCUT2D eigenvalue weighted by atomic mass is 32.2. The van der Waals surface area contributed by atoms with Crippen molar-refractivity contribution >= 4 is 25.6 Å². The Kier molecular flexibility index (Phi) is 6.06. The van der Waals surface area contributed by atoms with Crippen LogP contribution < -0.4 is 0 Å². The van der Waals surface area contributed by atoms with Gasteiger partial charge in [-0.1, -0.05) is 26.0 Å². The first kappa shape index (κ1) is 20.1. The summed E-state index contributed by atoms with van der Waals surface area (Å²) >= 11 is 0. The van der Waals surface area contributed by atoms with Gasteiger partial charge in [-0.15, -0.1) is 0 Å². The van der Waals surface area contributed by atoms with Gasteiger partial charge in [0.25, 0.3) is 0 Å². The summed E-state index contributed by atoms with van der Waals surface area (Å²) in [6.07, 6.45) is 0.639. The number of benzene rings is 1. The van der Waals surface area contributed by atoms with Crippen LogP contribution in [0.5, 0.6) is 0 Å². The minimum Gasteiger partial charge on any atom is -0.295 e. The Bertz CT molecular complexity index is 818. The van der Waals surface area contributed by atoms with Gasteiger partial charge in [-0.05, 0) is 37.8 Å². The van der Waals surface area contributed by atoms with Gasteiger partial charge < -0.3 is 0 Å². The lowest BCUT2D eigenvalue weighted by Crippen LogP contribution is -2.43. The zero-order valence-corrected chi connectivity index (χ0v) is 16.4. The van der Waals surface area contributed by atoms with Crippen LogP contribution in [0.2, 0.25) is 0 Å². The first-order valence-corrected chi connectivity index (χ1v) is 11.5. The lowest BCUT2D eigenvalue weighted by Gasteiger charge is -2.31. The number of piperidine rings is 1. The van der Waals surface area contributed by atoms with Gasteiger partial charge in [0.05, 0.1) is 15.9 Å². The molecule has 1 saturated heterocycles. The highest BCUT2D eigenvalue weighted by molar-refractivity contribution is 7.92. The molecule has 0 N–H and O–H groups in total. The maximum Gasteiger partial charge on any atom is 0.243 e. The molecule has 8 heteroatoms. The van der Waals surface area contributed by atoms with Crippen LogP contribution in [0.4, 0.5) is 0 Å². The average Bonchev–Trinajstić information content (AvgIpc) is 2.54. The van der Waals surface area contributed by atoms with Crippen LogP contribution in [0, 0.1) is 5.92 Å². The number of hydrogen-bond acceptors (Lipinski definition) is 5. The molecule has 140 valence electrons. The third kappa shape index (κ3) is 4.68. The van der Waals surface area contributed by atoms with Gasteiger partial charge in [0.1, 0.15) is 0 Å². The number of hydrogen-bond donors (Lipinski definition) is 0. The van der Waals surface area contributed by atoms with Crippen LogP contribution in [0.15, 0.2) is 29.2 Å². The summed E-state index contributed by atoms with van der Waals surface area (Å²) in [6.45, 7) is 5.53. The van der Waals surface area contributed by atoms with E-state index in [1.165, 1.54) is 35.5 Å². The molecule has 0 radical (unpaired) electrons. The Labute approximate surface area is 150 Å². The standard InChI is InChI=1S/C17H25NO5S2/c1-13(2)12-24(20,21)16-8-10-18(11-9-16)25(22,23)17-6-4-15(5-7-17)14(3)19/h4-7,13,16H,8-12H2,1-3H3. The molecule has 0 aromatic heterocycles. The molecule has 1 aliphatic rings. The molecule has 0 amide bonds. The van der Waals surface area contributed by atoms with Crippen molar-refractivity contribution in [2.75, 3.05) is 18.8 Å². The van der Waals surface area contributed by atoms with Gasteiger partial charge in [0, 0.05) is 18.7 Å². The summed E-state index contributed by atoms with van der Waals surface area (Å²) < 4.78 is 51.4. The van der Waals surface area contributed by atoms with Gasteiger partial charge in [-0.25, -0.2) is 16.8 Å². The minimum atomic E-state index is -3.67. The maximum atomic E-state index is 12.7. The second kappa shape index (κ2) is 7.55. The molecule has 1 aromatic rings. The van der Waals surface area contributed by atoms with E-state index in [4.69, 9.17) is 0 Å². The second-order valence-electron chi connectivity index (χ2n) is 6.91. The lowest BCUT2D eigenvalue weighted by molar-refractivity contribution is 0.101. The first-order valence-electron chi connectivity index (χ1n) is 8.37. The van der Waals surface area contributed by atoms with E-state index >= 15 is 0 Å². The number of ketones is 1. The van der Waals surface area contributed by atoms with Crippen molar-refractivity contribution in [1.29, 1.82) is 0 Å². The van der Waals surface area contributed by atoms with E-state index in [0.717, 1.165) is 0 Å². The van der Waals surface area contributed by atoms with Gasteiger partial charge in [-0.2, -0.15) is 4.31 Å². The second-order valence-corrected chi connectivity index (χ2v) is 11.2. The maximum absolute atomic E-state index is 12.7. The summed E-state index contributed by atoms with van der Waals surface area (Å²) in [7, 11) is -6.86. The zero-order chi connectivity index (χ0) is 18.8. The highest BCUT2D eigenvalue weighted by Crippen LogP contribution is 2.25. The zero-order valence-electron chi connectivity index (χ0n) is 14.8. The first-order chi connectivity index (χ1) is 11.5. The quantitative estimate of drug-likeness (QED) is 0.698. The molecule has 1 fully saturated rings. The number of sulfone groups is 1. The summed E-state index contributed by atoms with van der Waals surface area (Å²) in [5, 5.41) is -0.471. The fraction of sp³-hybridized carbons (Fsp3) is 0.588. The van der Waals surface area contributed by atoms with Crippen molar-refractivity contribution in [3.05, 3.63) is 29.8 Å². The fourth-order valence-electron chi connectivity index (χ4n) is 3.04. The molecule has 0 saturated carbocycles. The van der Waals surface area contributed by atoms with Crippen molar-refractivity contribution in [1.82, 2.24) is 4.31 Å². The molecule has 0 atom stereocenters. The molecule has 1 heterocycles. The van der Waals surface area contributed by atoms with Crippen LogP contribution in [0.25, 0.3) is 0 Å². The molecule has 1 aliphatic heterocycles. The number of sulfonamides is 1. The number of Topliss-reactive ketones (excluding diaryl/α,β-unsaturated/α-hetero) is 1. The van der Waals surface area contributed by atoms with Crippen LogP contribution >= 0.6 is 0 Å². The lowest BCUT2D eigenvalue weighted by atomic mass is 10.2. The Hall–Kier alpha value is -1.25. The monoisotopic (exact) mass is 387 g/mol. The van der Waals surface area contributed by atoms with Crippen LogP contribution in [0.3, 0.4) is 0 Å². The molecule has 0 unspecified atom stereocenters. The Morgan fingerprint density at radius 3 is 2.04 bits per heavy atom. The van der Waals surface area contributed by atoms with Crippen molar-refractivity contribution in [3.8, 4) is 0 Å². The Morgan fingerprint density at radius 1 is 1.08 bits per heavy atom. The van der Waals surface area contributed by atoms with Gasteiger partial charge in [-0.3, -0.25) is 4.79 Å². The van der Waals surface area contributed by atoms with Gasteiger partial charge in [0.2, 0.25) is 10.0 Å². The van der Waals surface area contributed by atoms with E-state index in [0.29, 0.717) is 18.4 Å². The molecule has 0 bridgehead atoms. The number of nitrogens with zero attached hydrogens (tertiary/aromatic N) is 1. The van der Waals surface area contributed by atoms with Crippen LogP contribution in [-0.2, 0) is 19.9 Å². The van der Waals surface area contributed by atoms with E-state index in [2.05, 4.69) is 0 Å². The van der Waals surface area contributed by atoms with Crippen molar-refractivity contribution in [2.45, 2.75) is 43.8 Å². The average molecular weight is 388 g/mol. The van der Waals surface area contributed by atoms with Crippen molar-refractivity contribution in [2.24, 2.45) is 5.92 Å². The normalized spacial score (nSPS) is 17.8. The SMILES string of the molecule is CC(=O)c1ccc(S(=O)(=O)N2CCC(S(=O)(=O)CC(C)C)CC2)cc1. The molecule has 25 heavy (non-hydrogen) atoms. The Morgan fingerprint density at radius 2 is 1.60 bits per heavy atom. The van der Waals surface area contributed by atoms with E-state index in [1.54, 1.807) is 0 Å². The number of carbonyl (C=O) groups is 1. The van der Waals surface area contributed by atoms with Gasteiger partial charge in [0.15, 0.2) is 15.6 Å². The summed E-state index contributed by atoms with van der Waals surface area (Å²) in [5.74, 6) is 0.0726. The molecule has 1 aromatic carbocycles. The van der Waals surface area contributed by atoms with Crippen LogP contribution in [-0.4, -0.2) is 51.0 Å². The van der Waals surface area contributed by atoms with E-state index < -0.39 is 25.1 Å². The predicted molar refractivity (Wildman–Crippen MR) is 96.9 cm³/mol. The fourth-order valence-corrected chi connectivity index (χ4v) is 6.64. The number of rotatable bonds is 6. The molecular formula is C17H25NO5S2. The smallest absolute Gasteiger partial charge is 0.243 e. The predicted octanol–water partition coefficient (Wildman–Crippen LogP) is 2.11. The van der Waals surface area contributed by atoms with E-state index in [1.807, 2.05) is 13.8 Å². The molecule has 6 nitrogen and oxygen atoms in total. The van der Waals surface area contributed by atoms with Crippen LogP contribution in [0.1, 0.15) is 44.0 Å². The Balaban J connectivity index is 2.10. The molecular weight excluding hydrogens is 362 g/mol. The highest BCUT2D eigenvalue weighted by Gasteiger charge is 2.35. The molecule has 0 spiro atoms. The van der Waals surface area contributed by atoms with E-state index in [-0.39, 0.29) is 35.4 Å².